The molecule has 43 heavy (non-hydrogen) atoms. The minimum absolute atomic E-state index is 0.00443. The van der Waals surface area contributed by atoms with Crippen LogP contribution in [0, 0.1) is 0 Å². The van der Waals surface area contributed by atoms with Gasteiger partial charge in [-0.05, 0) is 30.7 Å². The molecule has 0 aliphatic rings. The normalized spacial score (nSPS) is 10.7. The zero-order valence-corrected chi connectivity index (χ0v) is 24.1. The van der Waals surface area contributed by atoms with E-state index in [2.05, 4.69) is 0 Å². The van der Waals surface area contributed by atoms with Crippen LogP contribution < -0.4 is 4.74 Å². The molecule has 0 saturated heterocycles. The van der Waals surface area contributed by atoms with E-state index in [-0.39, 0.29) is 28.3 Å². The number of aromatic hydroxyl groups is 2. The van der Waals surface area contributed by atoms with Crippen LogP contribution in [-0.2, 0) is 4.74 Å². The number of phenolic OH excluding ortho intramolecular Hbond substituents is 2. The van der Waals surface area contributed by atoms with Crippen LogP contribution in [0.15, 0.2) is 84.9 Å². The van der Waals surface area contributed by atoms with Crippen molar-refractivity contribution in [3.05, 3.63) is 123 Å². The maximum atomic E-state index is 14.1. The highest BCUT2D eigenvalue weighted by atomic mass is 35.5. The second-order valence-corrected chi connectivity index (χ2v) is 10.0. The number of ketones is 2. The third-order valence-corrected chi connectivity index (χ3v) is 6.98. The van der Waals surface area contributed by atoms with Gasteiger partial charge in [-0.25, -0.2) is 9.59 Å². The van der Waals surface area contributed by atoms with Crippen molar-refractivity contribution in [3.8, 4) is 17.2 Å². The fourth-order valence-electron chi connectivity index (χ4n) is 4.45. The Labute approximate surface area is 253 Å². The van der Waals surface area contributed by atoms with Crippen LogP contribution in [0.25, 0.3) is 0 Å². The smallest absolute Gasteiger partial charge is 0.343 e. The lowest BCUT2D eigenvalue weighted by Crippen LogP contribution is -2.22. The van der Waals surface area contributed by atoms with Crippen molar-refractivity contribution in [2.45, 2.75) is 32.6 Å². The van der Waals surface area contributed by atoms with Gasteiger partial charge in [-0.2, -0.15) is 0 Å². The Morgan fingerprint density at radius 1 is 0.651 bits per heavy atom. The van der Waals surface area contributed by atoms with E-state index in [1.165, 1.54) is 42.5 Å². The number of halogens is 1. The summed E-state index contributed by atoms with van der Waals surface area (Å²) in [5.41, 5.74) is -2.01. The van der Waals surface area contributed by atoms with Crippen LogP contribution >= 0.6 is 11.6 Å². The van der Waals surface area contributed by atoms with E-state index in [0.29, 0.717) is 6.42 Å². The van der Waals surface area contributed by atoms with Gasteiger partial charge in [0.15, 0.2) is 23.1 Å². The fraction of sp³-hybridized carbons (Fsp3) is 0.176. The van der Waals surface area contributed by atoms with E-state index in [0.717, 1.165) is 19.3 Å². The standard InChI is InChI=1S/C34H29ClO8/c1-2-3-4-13-20-42-34(41)25-26(28(36)21-14-7-5-8-15-21)30(38)31(39)32(43-33(40)22-16-9-6-10-17-22)27(25)29(37)23-18-11-12-19-24(23)35/h5-12,14-19,38-39H,2-4,13,20H2,1H3. The summed E-state index contributed by atoms with van der Waals surface area (Å²) >= 11 is 6.33. The lowest BCUT2D eigenvalue weighted by Gasteiger charge is -2.20. The summed E-state index contributed by atoms with van der Waals surface area (Å²) in [6.45, 7) is 1.98. The fourth-order valence-corrected chi connectivity index (χ4v) is 4.67. The van der Waals surface area contributed by atoms with Crippen molar-refractivity contribution in [2.24, 2.45) is 0 Å². The molecule has 0 fully saturated rings. The van der Waals surface area contributed by atoms with Gasteiger partial charge in [0.1, 0.15) is 0 Å². The Morgan fingerprint density at radius 2 is 1.26 bits per heavy atom. The monoisotopic (exact) mass is 600 g/mol. The minimum atomic E-state index is -1.13. The van der Waals surface area contributed by atoms with Crippen LogP contribution in [0.2, 0.25) is 5.02 Å². The number of esters is 2. The Bertz CT molecular complexity index is 1650. The first-order valence-corrected chi connectivity index (χ1v) is 14.1. The molecule has 0 unspecified atom stereocenters. The van der Waals surface area contributed by atoms with Gasteiger partial charge in [0.2, 0.25) is 5.75 Å². The van der Waals surface area contributed by atoms with Crippen molar-refractivity contribution in [2.75, 3.05) is 6.61 Å². The first-order chi connectivity index (χ1) is 20.8. The Kier molecular flexibility index (Phi) is 10.3. The Balaban J connectivity index is 1.99. The second-order valence-electron chi connectivity index (χ2n) is 9.61. The summed E-state index contributed by atoms with van der Waals surface area (Å²) in [5, 5.41) is 22.4. The highest BCUT2D eigenvalue weighted by molar-refractivity contribution is 6.36. The van der Waals surface area contributed by atoms with E-state index in [4.69, 9.17) is 21.1 Å². The van der Waals surface area contributed by atoms with Gasteiger partial charge >= 0.3 is 11.9 Å². The first-order valence-electron chi connectivity index (χ1n) is 13.7. The largest absolute Gasteiger partial charge is 0.504 e. The number of hydrogen-bond acceptors (Lipinski definition) is 8. The second kappa shape index (κ2) is 14.3. The van der Waals surface area contributed by atoms with E-state index in [1.54, 1.807) is 42.5 Å². The summed E-state index contributed by atoms with van der Waals surface area (Å²) in [5.74, 6) is -6.91. The van der Waals surface area contributed by atoms with Crippen molar-refractivity contribution >= 4 is 35.1 Å². The Hall–Kier alpha value is -4.95. The molecule has 2 N–H and O–H groups in total. The third-order valence-electron chi connectivity index (χ3n) is 6.65. The molecular formula is C34H29ClO8. The summed E-state index contributed by atoms with van der Waals surface area (Å²) in [4.78, 5) is 54.8. The lowest BCUT2D eigenvalue weighted by molar-refractivity contribution is 0.0489. The molecule has 0 atom stereocenters. The van der Waals surface area contributed by atoms with Gasteiger partial charge in [-0.15, -0.1) is 0 Å². The average molecular weight is 601 g/mol. The van der Waals surface area contributed by atoms with Crippen molar-refractivity contribution in [1.82, 2.24) is 0 Å². The van der Waals surface area contributed by atoms with Gasteiger partial charge in [-0.3, -0.25) is 9.59 Å². The quantitative estimate of drug-likeness (QED) is 0.0576. The number of hydrogen-bond donors (Lipinski definition) is 2. The van der Waals surface area contributed by atoms with E-state index < -0.39 is 57.4 Å². The molecular weight excluding hydrogens is 572 g/mol. The van der Waals surface area contributed by atoms with Crippen LogP contribution in [0.4, 0.5) is 0 Å². The summed E-state index contributed by atoms with van der Waals surface area (Å²) in [7, 11) is 0. The third kappa shape index (κ3) is 6.93. The number of benzene rings is 4. The molecule has 0 aromatic heterocycles. The molecule has 0 bridgehead atoms. The molecule has 9 heteroatoms. The molecule has 8 nitrogen and oxygen atoms in total. The maximum Gasteiger partial charge on any atom is 0.343 e. The molecule has 0 saturated carbocycles. The first kappa shape index (κ1) is 31.0. The van der Waals surface area contributed by atoms with E-state index in [1.807, 2.05) is 6.92 Å². The van der Waals surface area contributed by atoms with Crippen molar-refractivity contribution in [1.29, 1.82) is 0 Å². The number of carbonyl (C=O) groups excluding carboxylic acids is 4. The van der Waals surface area contributed by atoms with Crippen molar-refractivity contribution in [3.63, 3.8) is 0 Å². The Morgan fingerprint density at radius 3 is 1.88 bits per heavy atom. The van der Waals surface area contributed by atoms with Crippen LogP contribution in [-0.4, -0.2) is 40.3 Å². The molecule has 0 radical (unpaired) electrons. The van der Waals surface area contributed by atoms with Gasteiger partial charge in [0, 0.05) is 11.1 Å². The molecule has 4 aromatic carbocycles. The number of ether oxygens (including phenoxy) is 2. The summed E-state index contributed by atoms with van der Waals surface area (Å²) in [6.07, 6.45) is 3.13. The zero-order valence-electron chi connectivity index (χ0n) is 23.3. The number of rotatable bonds is 12. The zero-order chi connectivity index (χ0) is 30.9. The predicted molar refractivity (Wildman–Crippen MR) is 160 cm³/mol. The van der Waals surface area contributed by atoms with Gasteiger partial charge in [-0.1, -0.05) is 98.5 Å². The molecule has 0 aliphatic carbocycles. The highest BCUT2D eigenvalue weighted by Crippen LogP contribution is 2.46. The van der Waals surface area contributed by atoms with Crippen molar-refractivity contribution < 1.29 is 38.9 Å². The molecule has 4 aromatic rings. The van der Waals surface area contributed by atoms with E-state index >= 15 is 0 Å². The summed E-state index contributed by atoms with van der Waals surface area (Å²) in [6, 6.07) is 21.3. The predicted octanol–water partition coefficient (Wildman–Crippen LogP) is 7.17. The molecule has 0 aliphatic heterocycles. The molecule has 220 valence electrons. The van der Waals surface area contributed by atoms with Gasteiger partial charge in [0.25, 0.3) is 0 Å². The maximum absolute atomic E-state index is 14.1. The van der Waals surface area contributed by atoms with Crippen LogP contribution in [0.5, 0.6) is 17.2 Å². The highest BCUT2D eigenvalue weighted by Gasteiger charge is 2.38. The van der Waals surface area contributed by atoms with Gasteiger partial charge in [0.05, 0.1) is 33.9 Å². The number of unbranched alkanes of at least 4 members (excludes halogenated alkanes) is 3. The molecule has 0 amide bonds. The number of carbonyl (C=O) groups is 4. The molecule has 0 heterocycles. The lowest BCUT2D eigenvalue weighted by atomic mass is 9.88. The SMILES string of the molecule is CCCCCCOC(=O)c1c(C(=O)c2ccccc2)c(O)c(O)c(OC(=O)c2ccccc2)c1C(=O)c1ccccc1Cl. The molecule has 4 rings (SSSR count). The van der Waals surface area contributed by atoms with E-state index in [9.17, 15) is 29.4 Å². The van der Waals surface area contributed by atoms with Crippen LogP contribution in [0.3, 0.4) is 0 Å². The average Bonchev–Trinajstić information content (AvgIpc) is 3.03. The van der Waals surface area contributed by atoms with Crippen LogP contribution in [0.1, 0.15) is 85.2 Å². The summed E-state index contributed by atoms with van der Waals surface area (Å²) < 4.78 is 11.0. The number of phenols is 2. The molecule has 0 spiro atoms. The topological polar surface area (TPSA) is 127 Å². The minimum Gasteiger partial charge on any atom is -0.504 e. The van der Waals surface area contributed by atoms with Gasteiger partial charge < -0.3 is 19.7 Å².